The van der Waals surface area contributed by atoms with Crippen LogP contribution in [0.3, 0.4) is 0 Å². The number of carbonyl (C=O) groups is 1. The maximum absolute atomic E-state index is 12.1. The number of aromatic nitrogens is 2. The molecule has 124 valence electrons. The summed E-state index contributed by atoms with van der Waals surface area (Å²) in [5, 5.41) is 2.68. The first-order valence-electron chi connectivity index (χ1n) is 7.26. The summed E-state index contributed by atoms with van der Waals surface area (Å²) in [6.07, 6.45) is 5.15. The Morgan fingerprint density at radius 1 is 1.26 bits per heavy atom. The standard InChI is InChI=1S/C16H21N3O3S/c1-16(2,3)23(21,22)11-15(20)18-10-13-6-4-5-7-14(13)19-9-8-17-12-19/h4-9,12H,10-11H2,1-3H3,(H,18,20). The number of hydrogen-bond donors (Lipinski definition) is 1. The molecule has 0 atom stereocenters. The summed E-state index contributed by atoms with van der Waals surface area (Å²) >= 11 is 0. The van der Waals surface area contributed by atoms with Gasteiger partial charge in [0.05, 0.1) is 16.8 Å². The lowest BCUT2D eigenvalue weighted by molar-refractivity contribution is -0.118. The molecule has 1 heterocycles. The quantitative estimate of drug-likeness (QED) is 0.902. The van der Waals surface area contributed by atoms with Crippen LogP contribution in [-0.4, -0.2) is 34.4 Å². The monoisotopic (exact) mass is 335 g/mol. The molecule has 6 nitrogen and oxygen atoms in total. The number of carbonyl (C=O) groups excluding carboxylic acids is 1. The van der Waals surface area contributed by atoms with E-state index in [-0.39, 0.29) is 6.54 Å². The van der Waals surface area contributed by atoms with E-state index in [0.29, 0.717) is 0 Å². The van der Waals surface area contributed by atoms with Gasteiger partial charge in [0, 0.05) is 18.9 Å². The second-order valence-corrected chi connectivity index (χ2v) is 8.99. The van der Waals surface area contributed by atoms with Gasteiger partial charge in [-0.15, -0.1) is 0 Å². The summed E-state index contributed by atoms with van der Waals surface area (Å²) in [6.45, 7) is 5.02. The van der Waals surface area contributed by atoms with Gasteiger partial charge in [-0.1, -0.05) is 18.2 Å². The van der Waals surface area contributed by atoms with Crippen LogP contribution in [0.2, 0.25) is 0 Å². The number of nitrogens with one attached hydrogen (secondary N) is 1. The Hall–Kier alpha value is -2.15. The van der Waals surface area contributed by atoms with Gasteiger partial charge in [0.15, 0.2) is 9.84 Å². The first-order valence-corrected chi connectivity index (χ1v) is 8.91. The van der Waals surface area contributed by atoms with Crippen LogP contribution in [0.25, 0.3) is 5.69 Å². The Morgan fingerprint density at radius 2 is 1.96 bits per heavy atom. The highest BCUT2D eigenvalue weighted by Crippen LogP contribution is 2.16. The molecule has 2 aromatic rings. The normalized spacial score (nSPS) is 12.1. The van der Waals surface area contributed by atoms with Crippen LogP contribution in [-0.2, 0) is 21.2 Å². The zero-order valence-corrected chi connectivity index (χ0v) is 14.3. The predicted octanol–water partition coefficient (Wildman–Crippen LogP) is 1.70. The molecule has 0 aliphatic rings. The minimum atomic E-state index is -3.48. The number of rotatable bonds is 5. The summed E-state index contributed by atoms with van der Waals surface area (Å²) in [5.41, 5.74) is 1.77. The Balaban J connectivity index is 2.07. The zero-order chi connectivity index (χ0) is 17.1. The van der Waals surface area contributed by atoms with Crippen molar-refractivity contribution in [2.24, 2.45) is 0 Å². The molecule has 0 bridgehead atoms. The van der Waals surface area contributed by atoms with Crippen molar-refractivity contribution in [3.05, 3.63) is 48.5 Å². The molecule has 1 amide bonds. The van der Waals surface area contributed by atoms with Gasteiger partial charge in [0.25, 0.3) is 0 Å². The first-order chi connectivity index (χ1) is 10.7. The first kappa shape index (κ1) is 17.2. The molecular weight excluding hydrogens is 314 g/mol. The van der Waals surface area contributed by atoms with E-state index in [0.717, 1.165) is 11.3 Å². The Labute approximate surface area is 136 Å². The van der Waals surface area contributed by atoms with E-state index < -0.39 is 26.2 Å². The molecule has 1 aromatic carbocycles. The molecule has 1 aromatic heterocycles. The van der Waals surface area contributed by atoms with Crippen LogP contribution in [0, 0.1) is 0 Å². The number of hydrogen-bond acceptors (Lipinski definition) is 4. The SMILES string of the molecule is CC(C)(C)S(=O)(=O)CC(=O)NCc1ccccc1-n1ccnc1. The molecule has 0 saturated carbocycles. The molecule has 0 aliphatic heterocycles. The molecule has 23 heavy (non-hydrogen) atoms. The van der Waals surface area contributed by atoms with Gasteiger partial charge in [-0.25, -0.2) is 13.4 Å². The van der Waals surface area contributed by atoms with Crippen molar-refractivity contribution in [1.29, 1.82) is 0 Å². The molecule has 0 saturated heterocycles. The number of imidazole rings is 1. The number of amides is 1. The molecule has 2 rings (SSSR count). The van der Waals surface area contributed by atoms with E-state index >= 15 is 0 Å². The fourth-order valence-corrected chi connectivity index (χ4v) is 2.83. The van der Waals surface area contributed by atoms with Gasteiger partial charge in [0.2, 0.25) is 5.91 Å². The predicted molar refractivity (Wildman–Crippen MR) is 89.0 cm³/mol. The topological polar surface area (TPSA) is 81.1 Å². The average molecular weight is 335 g/mol. The minimum absolute atomic E-state index is 0.257. The lowest BCUT2D eigenvalue weighted by Gasteiger charge is -2.19. The highest BCUT2D eigenvalue weighted by Gasteiger charge is 2.31. The molecular formula is C16H21N3O3S. The van der Waals surface area contributed by atoms with E-state index in [4.69, 9.17) is 0 Å². The molecule has 1 N–H and O–H groups in total. The van der Waals surface area contributed by atoms with Gasteiger partial charge in [-0.3, -0.25) is 4.79 Å². The van der Waals surface area contributed by atoms with Crippen molar-refractivity contribution in [2.75, 3.05) is 5.75 Å². The fraction of sp³-hybridized carbons (Fsp3) is 0.375. The highest BCUT2D eigenvalue weighted by molar-refractivity contribution is 7.93. The second-order valence-electron chi connectivity index (χ2n) is 6.25. The number of sulfone groups is 1. The van der Waals surface area contributed by atoms with Gasteiger partial charge >= 0.3 is 0 Å². The molecule has 0 spiro atoms. The molecule has 0 fully saturated rings. The van der Waals surface area contributed by atoms with Crippen LogP contribution in [0.15, 0.2) is 43.0 Å². The van der Waals surface area contributed by atoms with Crippen molar-refractivity contribution in [3.63, 3.8) is 0 Å². The molecule has 7 heteroatoms. The summed E-state index contributed by atoms with van der Waals surface area (Å²) in [7, 11) is -3.48. The molecule has 0 aliphatic carbocycles. The van der Waals surface area contributed by atoms with Gasteiger partial charge in [-0.2, -0.15) is 0 Å². The van der Waals surface area contributed by atoms with Gasteiger partial charge in [-0.05, 0) is 32.4 Å². The summed E-state index contributed by atoms with van der Waals surface area (Å²) in [4.78, 5) is 16.0. The molecule has 0 unspecified atom stereocenters. The molecule has 0 radical (unpaired) electrons. The Kier molecular flexibility index (Phi) is 4.89. The van der Waals surface area contributed by atoms with Crippen molar-refractivity contribution < 1.29 is 13.2 Å². The van der Waals surface area contributed by atoms with Crippen molar-refractivity contribution >= 4 is 15.7 Å². The number of benzene rings is 1. The number of para-hydroxylation sites is 1. The van der Waals surface area contributed by atoms with Crippen LogP contribution < -0.4 is 5.32 Å². The lowest BCUT2D eigenvalue weighted by Crippen LogP contribution is -2.38. The van der Waals surface area contributed by atoms with E-state index in [1.165, 1.54) is 0 Å². The minimum Gasteiger partial charge on any atom is -0.351 e. The summed E-state index contributed by atoms with van der Waals surface area (Å²) in [6, 6.07) is 7.56. The van der Waals surface area contributed by atoms with Crippen molar-refractivity contribution in [1.82, 2.24) is 14.9 Å². The van der Waals surface area contributed by atoms with E-state index in [1.807, 2.05) is 35.0 Å². The van der Waals surface area contributed by atoms with Crippen LogP contribution in [0.1, 0.15) is 26.3 Å². The van der Waals surface area contributed by atoms with Crippen LogP contribution in [0.4, 0.5) is 0 Å². The maximum Gasteiger partial charge on any atom is 0.235 e. The second kappa shape index (κ2) is 6.54. The Bertz CT molecular complexity index is 775. The smallest absolute Gasteiger partial charge is 0.235 e. The van der Waals surface area contributed by atoms with E-state index in [9.17, 15) is 13.2 Å². The van der Waals surface area contributed by atoms with Crippen molar-refractivity contribution in [2.45, 2.75) is 32.1 Å². The van der Waals surface area contributed by atoms with Gasteiger partial charge in [0.1, 0.15) is 5.75 Å². The summed E-state index contributed by atoms with van der Waals surface area (Å²) < 4.78 is 25.0. The third kappa shape index (κ3) is 4.19. The van der Waals surface area contributed by atoms with Crippen LogP contribution in [0.5, 0.6) is 0 Å². The average Bonchev–Trinajstić information content (AvgIpc) is 2.97. The fourth-order valence-electron chi connectivity index (χ4n) is 1.95. The summed E-state index contributed by atoms with van der Waals surface area (Å²) in [5.74, 6) is -1.01. The highest BCUT2D eigenvalue weighted by atomic mass is 32.2. The van der Waals surface area contributed by atoms with Crippen LogP contribution >= 0.6 is 0 Å². The largest absolute Gasteiger partial charge is 0.351 e. The van der Waals surface area contributed by atoms with Crippen molar-refractivity contribution in [3.8, 4) is 5.69 Å². The third-order valence-electron chi connectivity index (χ3n) is 3.50. The Morgan fingerprint density at radius 3 is 2.57 bits per heavy atom. The third-order valence-corrected chi connectivity index (χ3v) is 6.01. The number of nitrogens with zero attached hydrogens (tertiary/aromatic N) is 2. The zero-order valence-electron chi connectivity index (χ0n) is 13.5. The maximum atomic E-state index is 12.1. The van der Waals surface area contributed by atoms with E-state index in [1.54, 1.807) is 33.3 Å². The van der Waals surface area contributed by atoms with Gasteiger partial charge < -0.3 is 9.88 Å². The van der Waals surface area contributed by atoms with E-state index in [2.05, 4.69) is 10.3 Å². The lowest BCUT2D eigenvalue weighted by atomic mass is 10.1.